The van der Waals surface area contributed by atoms with Gasteiger partial charge in [0.1, 0.15) is 5.82 Å². The van der Waals surface area contributed by atoms with Crippen molar-refractivity contribution in [3.05, 3.63) is 30.4 Å². The third-order valence-corrected chi connectivity index (χ3v) is 5.43. The molecular formula is C19H24N8O2. The normalized spacial score (nSPS) is 19.4. The maximum atomic E-state index is 13.1. The number of carbonyl (C=O) groups excluding carboxylic acids is 2. The van der Waals surface area contributed by atoms with Gasteiger partial charge in [0.2, 0.25) is 0 Å². The van der Waals surface area contributed by atoms with Gasteiger partial charge in [-0.25, -0.2) is 4.98 Å². The van der Waals surface area contributed by atoms with E-state index in [2.05, 4.69) is 32.5 Å². The molecule has 0 bridgehead atoms. The number of aromatic nitrogens is 5. The van der Waals surface area contributed by atoms with Gasteiger partial charge in [0.15, 0.2) is 0 Å². The Morgan fingerprint density at radius 1 is 1.34 bits per heavy atom. The second-order valence-electron chi connectivity index (χ2n) is 7.40. The van der Waals surface area contributed by atoms with E-state index in [1.807, 2.05) is 17.7 Å². The number of hydrogen-bond acceptors (Lipinski definition) is 6. The summed E-state index contributed by atoms with van der Waals surface area (Å²) in [6, 6.07) is 1.74. The fourth-order valence-electron chi connectivity index (χ4n) is 3.93. The number of nitrogens with two attached hydrogens (primary N) is 1. The van der Waals surface area contributed by atoms with E-state index in [0.29, 0.717) is 41.4 Å². The van der Waals surface area contributed by atoms with Crippen molar-refractivity contribution >= 4 is 34.2 Å². The molecule has 2 amide bonds. The predicted octanol–water partition coefficient (Wildman–Crippen LogP) is 1.69. The molecule has 4 rings (SSSR count). The van der Waals surface area contributed by atoms with Crippen molar-refractivity contribution in [2.75, 3.05) is 17.6 Å². The van der Waals surface area contributed by atoms with Crippen LogP contribution < -0.4 is 11.1 Å². The van der Waals surface area contributed by atoms with Gasteiger partial charge in [-0.3, -0.25) is 19.4 Å². The number of pyridine rings is 1. The Labute approximate surface area is 167 Å². The second-order valence-corrected chi connectivity index (χ2v) is 7.40. The summed E-state index contributed by atoms with van der Waals surface area (Å²) < 4.78 is 1.87. The molecule has 4 N–H and O–H groups in total. The molecule has 2 unspecified atom stereocenters. The zero-order valence-corrected chi connectivity index (χ0v) is 16.4. The van der Waals surface area contributed by atoms with Crippen LogP contribution in [0.1, 0.15) is 38.4 Å². The van der Waals surface area contributed by atoms with Crippen LogP contribution >= 0.6 is 0 Å². The Morgan fingerprint density at radius 2 is 2.17 bits per heavy atom. The van der Waals surface area contributed by atoms with Crippen LogP contribution in [0, 0.1) is 5.92 Å². The number of nitrogens with one attached hydrogen (secondary N) is 2. The van der Waals surface area contributed by atoms with Crippen LogP contribution in [0.25, 0.3) is 10.9 Å². The number of anilines is 2. The highest BCUT2D eigenvalue weighted by Crippen LogP contribution is 2.33. The molecule has 0 aliphatic carbocycles. The van der Waals surface area contributed by atoms with Gasteiger partial charge in [0.05, 0.1) is 40.7 Å². The summed E-state index contributed by atoms with van der Waals surface area (Å²) in [4.78, 5) is 31.6. The van der Waals surface area contributed by atoms with Gasteiger partial charge >= 0.3 is 11.8 Å². The smallest absolute Gasteiger partial charge is 0.314 e. The van der Waals surface area contributed by atoms with Crippen LogP contribution in [0.5, 0.6) is 0 Å². The average molecular weight is 396 g/mol. The topological polar surface area (TPSA) is 135 Å². The Balaban J connectivity index is 1.59. The first-order valence-electron chi connectivity index (χ1n) is 9.70. The van der Waals surface area contributed by atoms with Crippen molar-refractivity contribution < 1.29 is 9.59 Å². The minimum Gasteiger partial charge on any atom is -0.383 e. The molecule has 2 atom stereocenters. The quantitative estimate of drug-likeness (QED) is 0.577. The minimum absolute atomic E-state index is 0.177. The molecule has 29 heavy (non-hydrogen) atoms. The lowest BCUT2D eigenvalue weighted by molar-refractivity contribution is -0.146. The number of aryl methyl sites for hydroxylation is 1. The second kappa shape index (κ2) is 7.53. The fourth-order valence-corrected chi connectivity index (χ4v) is 3.93. The molecule has 1 saturated heterocycles. The van der Waals surface area contributed by atoms with Gasteiger partial charge in [0, 0.05) is 19.3 Å². The van der Waals surface area contributed by atoms with Crippen LogP contribution in [-0.2, 0) is 16.1 Å². The van der Waals surface area contributed by atoms with Gasteiger partial charge in [0.25, 0.3) is 0 Å². The summed E-state index contributed by atoms with van der Waals surface area (Å²) in [5, 5.41) is 14.3. The first-order chi connectivity index (χ1) is 14.0. The summed E-state index contributed by atoms with van der Waals surface area (Å²) in [6.45, 7) is 5.32. The average Bonchev–Trinajstić information content (AvgIpc) is 3.39. The van der Waals surface area contributed by atoms with Gasteiger partial charge in [-0.15, -0.1) is 0 Å². The van der Waals surface area contributed by atoms with E-state index in [9.17, 15) is 9.59 Å². The molecule has 1 aliphatic heterocycles. The summed E-state index contributed by atoms with van der Waals surface area (Å²) >= 11 is 0. The Bertz CT molecular complexity index is 1060. The lowest BCUT2D eigenvalue weighted by Gasteiger charge is -2.38. The summed E-state index contributed by atoms with van der Waals surface area (Å²) in [5.74, 6) is -0.668. The van der Waals surface area contributed by atoms with Crippen molar-refractivity contribution in [3.63, 3.8) is 0 Å². The van der Waals surface area contributed by atoms with Crippen molar-refractivity contribution in [3.8, 4) is 0 Å². The Morgan fingerprint density at radius 3 is 2.97 bits per heavy atom. The van der Waals surface area contributed by atoms with Crippen LogP contribution in [0.3, 0.4) is 0 Å². The van der Waals surface area contributed by atoms with E-state index in [0.717, 1.165) is 18.5 Å². The predicted molar refractivity (Wildman–Crippen MR) is 108 cm³/mol. The molecule has 0 saturated carbocycles. The number of nitrogens with zero attached hydrogens (tertiary/aromatic N) is 5. The number of nitrogen functional groups attached to an aromatic ring is 1. The maximum absolute atomic E-state index is 13.1. The highest BCUT2D eigenvalue weighted by molar-refractivity contribution is 6.40. The first kappa shape index (κ1) is 18.9. The Kier molecular flexibility index (Phi) is 4.91. The highest BCUT2D eigenvalue weighted by atomic mass is 16.2. The standard InChI is InChI=1S/C19H24N8O2/c1-3-27-15(6-7-23-27)14-5-4-11(2)10-26(14)19(29)18(28)24-13-9-21-17(20)12-8-22-25-16(12)13/h6-9,11,14H,3-5,10H2,1-2H3,(H2,20,21)(H,22,25)(H,24,28). The van der Waals surface area contributed by atoms with Crippen molar-refractivity contribution in [1.82, 2.24) is 29.9 Å². The molecule has 3 aromatic heterocycles. The number of fused-ring (bicyclic) bond motifs is 1. The zero-order chi connectivity index (χ0) is 20.5. The lowest BCUT2D eigenvalue weighted by atomic mass is 9.92. The van der Waals surface area contributed by atoms with E-state index < -0.39 is 11.8 Å². The summed E-state index contributed by atoms with van der Waals surface area (Å²) in [6.07, 6.45) is 6.46. The molecule has 4 heterocycles. The molecule has 0 aromatic carbocycles. The molecule has 1 aliphatic rings. The number of piperidine rings is 1. The zero-order valence-electron chi connectivity index (χ0n) is 16.4. The van der Waals surface area contributed by atoms with E-state index in [-0.39, 0.29) is 6.04 Å². The number of aromatic amines is 1. The molecule has 3 aromatic rings. The number of likely N-dealkylation sites (tertiary alicyclic amines) is 1. The maximum Gasteiger partial charge on any atom is 0.314 e. The van der Waals surface area contributed by atoms with Crippen LogP contribution in [0.15, 0.2) is 24.7 Å². The monoisotopic (exact) mass is 396 g/mol. The highest BCUT2D eigenvalue weighted by Gasteiger charge is 2.35. The minimum atomic E-state index is -0.714. The SMILES string of the molecule is CCn1nccc1C1CCC(C)CN1C(=O)C(=O)Nc1cnc(N)c2cn[nH]c12. The third kappa shape index (κ3) is 3.41. The van der Waals surface area contributed by atoms with Crippen LogP contribution in [0.4, 0.5) is 11.5 Å². The van der Waals surface area contributed by atoms with Gasteiger partial charge in [-0.1, -0.05) is 6.92 Å². The van der Waals surface area contributed by atoms with E-state index in [1.165, 1.54) is 12.4 Å². The van der Waals surface area contributed by atoms with Crippen LogP contribution in [0.2, 0.25) is 0 Å². The summed E-state index contributed by atoms with van der Waals surface area (Å²) in [5.41, 5.74) is 7.67. The van der Waals surface area contributed by atoms with Gasteiger partial charge < -0.3 is 16.0 Å². The number of carbonyl (C=O) groups is 2. The summed E-state index contributed by atoms with van der Waals surface area (Å²) in [7, 11) is 0. The number of H-pyrrole nitrogens is 1. The third-order valence-electron chi connectivity index (χ3n) is 5.43. The van der Waals surface area contributed by atoms with Crippen molar-refractivity contribution in [2.24, 2.45) is 5.92 Å². The number of amides is 2. The lowest BCUT2D eigenvalue weighted by Crippen LogP contribution is -2.47. The van der Waals surface area contributed by atoms with E-state index in [4.69, 9.17) is 5.73 Å². The molecule has 152 valence electrons. The molecule has 0 radical (unpaired) electrons. The van der Waals surface area contributed by atoms with Gasteiger partial charge in [-0.05, 0) is 31.7 Å². The van der Waals surface area contributed by atoms with Crippen LogP contribution in [-0.4, -0.2) is 48.2 Å². The van der Waals surface area contributed by atoms with Gasteiger partial charge in [-0.2, -0.15) is 10.2 Å². The van der Waals surface area contributed by atoms with Crippen molar-refractivity contribution in [2.45, 2.75) is 39.3 Å². The molecule has 0 spiro atoms. The van der Waals surface area contributed by atoms with E-state index >= 15 is 0 Å². The molecule has 10 nitrogen and oxygen atoms in total. The first-order valence-corrected chi connectivity index (χ1v) is 9.70. The number of rotatable bonds is 3. The molecular weight excluding hydrogens is 372 g/mol. The fraction of sp³-hybridized carbons (Fsp3) is 0.421. The van der Waals surface area contributed by atoms with Crippen molar-refractivity contribution in [1.29, 1.82) is 0 Å². The number of hydrogen-bond donors (Lipinski definition) is 3. The largest absolute Gasteiger partial charge is 0.383 e. The molecule has 10 heteroatoms. The molecule has 1 fully saturated rings. The van der Waals surface area contributed by atoms with E-state index in [1.54, 1.807) is 11.1 Å². The Hall–Kier alpha value is -3.43.